The van der Waals surface area contributed by atoms with Gasteiger partial charge >= 0.3 is 0 Å². The maximum Gasteiger partial charge on any atom is 0.212 e. The summed E-state index contributed by atoms with van der Waals surface area (Å²) in [5.74, 6) is 0.960. The van der Waals surface area contributed by atoms with Crippen molar-refractivity contribution in [3.8, 4) is 22.4 Å². The fraction of sp³-hybridized carbons (Fsp3) is 0.276. The second kappa shape index (κ2) is 9.12. The fourth-order valence-electron chi connectivity index (χ4n) is 5.18. The molecule has 0 amide bonds. The number of nitrogens with zero attached hydrogens (tertiary/aromatic N) is 5. The first-order valence-electron chi connectivity index (χ1n) is 12.5. The van der Waals surface area contributed by atoms with Crippen LogP contribution in [0, 0.1) is 0 Å². The Kier molecular flexibility index (Phi) is 5.66. The Hall–Kier alpha value is -3.77. The number of hydrogen-bond donors (Lipinski definition) is 1. The van der Waals surface area contributed by atoms with Gasteiger partial charge < -0.3 is 10.2 Å². The van der Waals surface area contributed by atoms with E-state index in [9.17, 15) is 0 Å². The molecule has 6 rings (SSSR count). The summed E-state index contributed by atoms with van der Waals surface area (Å²) in [5.41, 5.74) is 5.08. The predicted octanol–water partition coefficient (Wildman–Crippen LogP) is 5.58. The lowest BCUT2D eigenvalue weighted by molar-refractivity contribution is 0.520. The molecule has 1 aliphatic heterocycles. The topological polar surface area (TPSA) is 58.3 Å². The van der Waals surface area contributed by atoms with E-state index in [1.54, 1.807) is 0 Å². The van der Waals surface area contributed by atoms with E-state index in [0.717, 1.165) is 53.5 Å². The smallest absolute Gasteiger partial charge is 0.212 e. The number of hydrogen-bond acceptors (Lipinski definition) is 5. The van der Waals surface area contributed by atoms with Gasteiger partial charge in [-0.2, -0.15) is 0 Å². The number of fused-ring (bicyclic) bond motifs is 2. The van der Waals surface area contributed by atoms with Crippen LogP contribution in [0.5, 0.6) is 0 Å². The van der Waals surface area contributed by atoms with Crippen LogP contribution < -0.4 is 10.2 Å². The number of nitrogens with one attached hydrogen (secondary N) is 1. The van der Waals surface area contributed by atoms with Crippen LogP contribution in [0.2, 0.25) is 0 Å². The molecule has 0 spiro atoms. The molecule has 2 aromatic carbocycles. The summed E-state index contributed by atoms with van der Waals surface area (Å²) >= 11 is 0. The summed E-state index contributed by atoms with van der Waals surface area (Å²) in [5, 5.41) is 6.06. The van der Waals surface area contributed by atoms with Crippen molar-refractivity contribution in [2.24, 2.45) is 0 Å². The molecule has 1 atom stereocenters. The average Bonchev–Trinajstić information content (AvgIpc) is 3.57. The lowest BCUT2D eigenvalue weighted by Crippen LogP contribution is -2.41. The Labute approximate surface area is 205 Å². The van der Waals surface area contributed by atoms with E-state index in [-0.39, 0.29) is 0 Å². The molecule has 3 aromatic heterocycles. The minimum absolute atomic E-state index is 0.410. The molecule has 0 saturated carbocycles. The molecule has 6 heteroatoms. The van der Waals surface area contributed by atoms with Crippen molar-refractivity contribution in [3.63, 3.8) is 0 Å². The standard InChI is InChI=1S/C29H30N6/c1-20(2)32-19-25-8-5-16-34(25)29-33-27(22-11-13-30-14-12-22)26(28-31-15-17-35(28)29)24-10-9-21-6-3-4-7-23(21)18-24/h3-4,6-7,9-15,17-18,20,25,32H,5,8,16,19H2,1-2H3. The molecular weight excluding hydrogens is 432 g/mol. The fourth-order valence-corrected chi connectivity index (χ4v) is 5.18. The molecule has 1 N–H and O–H groups in total. The summed E-state index contributed by atoms with van der Waals surface area (Å²) in [4.78, 5) is 16.9. The quantitative estimate of drug-likeness (QED) is 0.357. The van der Waals surface area contributed by atoms with Crippen LogP contribution in [0.1, 0.15) is 26.7 Å². The van der Waals surface area contributed by atoms with E-state index in [2.05, 4.69) is 75.9 Å². The highest BCUT2D eigenvalue weighted by Gasteiger charge is 2.29. The Bertz CT molecular complexity index is 1470. The van der Waals surface area contributed by atoms with Crippen LogP contribution in [0.4, 0.5) is 5.95 Å². The van der Waals surface area contributed by atoms with Gasteiger partial charge in [-0.1, -0.05) is 50.2 Å². The molecule has 1 fully saturated rings. The third-order valence-corrected chi connectivity index (χ3v) is 6.92. The van der Waals surface area contributed by atoms with E-state index in [0.29, 0.717) is 12.1 Å². The zero-order valence-electron chi connectivity index (χ0n) is 20.2. The predicted molar refractivity (Wildman–Crippen MR) is 143 cm³/mol. The van der Waals surface area contributed by atoms with Gasteiger partial charge in [0.1, 0.15) is 5.65 Å². The van der Waals surface area contributed by atoms with Gasteiger partial charge in [0.2, 0.25) is 5.95 Å². The summed E-state index contributed by atoms with van der Waals surface area (Å²) in [6.07, 6.45) is 9.93. The number of benzene rings is 2. The molecule has 1 saturated heterocycles. The molecule has 0 bridgehead atoms. The molecule has 176 valence electrons. The first-order chi connectivity index (χ1) is 17.2. The van der Waals surface area contributed by atoms with Gasteiger partial charge in [-0.25, -0.2) is 9.97 Å². The second-order valence-electron chi connectivity index (χ2n) is 9.61. The third kappa shape index (κ3) is 4.04. The molecule has 5 aromatic rings. The molecular formula is C29H30N6. The van der Waals surface area contributed by atoms with Crippen molar-refractivity contribution >= 4 is 22.4 Å². The van der Waals surface area contributed by atoms with Gasteiger partial charge in [-0.3, -0.25) is 9.38 Å². The third-order valence-electron chi connectivity index (χ3n) is 6.92. The highest BCUT2D eigenvalue weighted by atomic mass is 15.3. The average molecular weight is 463 g/mol. The molecule has 0 radical (unpaired) electrons. The van der Waals surface area contributed by atoms with E-state index in [1.165, 1.54) is 17.2 Å². The lowest BCUT2D eigenvalue weighted by atomic mass is 9.98. The summed E-state index contributed by atoms with van der Waals surface area (Å²) in [6, 6.07) is 20.0. The van der Waals surface area contributed by atoms with Crippen LogP contribution in [0.25, 0.3) is 38.8 Å². The Morgan fingerprint density at radius 1 is 0.971 bits per heavy atom. The van der Waals surface area contributed by atoms with Crippen molar-refractivity contribution in [2.75, 3.05) is 18.0 Å². The lowest BCUT2D eigenvalue weighted by Gasteiger charge is -2.28. The Morgan fingerprint density at radius 2 is 1.80 bits per heavy atom. The number of imidazole rings is 1. The number of rotatable bonds is 6. The first-order valence-corrected chi connectivity index (χ1v) is 12.5. The molecule has 6 nitrogen and oxygen atoms in total. The van der Waals surface area contributed by atoms with E-state index < -0.39 is 0 Å². The van der Waals surface area contributed by atoms with Gasteiger partial charge in [-0.05, 0) is 47.4 Å². The van der Waals surface area contributed by atoms with Crippen molar-refractivity contribution in [1.29, 1.82) is 0 Å². The highest BCUT2D eigenvalue weighted by Crippen LogP contribution is 2.38. The normalized spacial score (nSPS) is 16.1. The highest BCUT2D eigenvalue weighted by molar-refractivity contribution is 5.95. The summed E-state index contributed by atoms with van der Waals surface area (Å²) in [7, 11) is 0. The van der Waals surface area contributed by atoms with Crippen LogP contribution in [0.3, 0.4) is 0 Å². The first kappa shape index (κ1) is 21.7. The summed E-state index contributed by atoms with van der Waals surface area (Å²) in [6.45, 7) is 6.35. The van der Waals surface area contributed by atoms with Crippen LogP contribution in [0.15, 0.2) is 79.4 Å². The number of anilines is 1. The molecule has 0 aliphatic carbocycles. The second-order valence-corrected chi connectivity index (χ2v) is 9.61. The van der Waals surface area contributed by atoms with E-state index in [1.807, 2.05) is 36.9 Å². The molecule has 1 unspecified atom stereocenters. The molecule has 35 heavy (non-hydrogen) atoms. The maximum atomic E-state index is 5.35. The van der Waals surface area contributed by atoms with Crippen molar-refractivity contribution in [1.82, 2.24) is 24.7 Å². The van der Waals surface area contributed by atoms with Gasteiger partial charge in [0, 0.05) is 55.5 Å². The SMILES string of the molecule is CC(C)NCC1CCCN1c1nc(-c2ccncc2)c(-c2ccc3ccccc3c2)c2nccn12. The zero-order chi connectivity index (χ0) is 23.8. The Balaban J connectivity index is 1.56. The van der Waals surface area contributed by atoms with Gasteiger partial charge in [0.05, 0.1) is 11.3 Å². The van der Waals surface area contributed by atoms with Crippen molar-refractivity contribution in [3.05, 3.63) is 79.4 Å². The van der Waals surface area contributed by atoms with Gasteiger partial charge in [-0.15, -0.1) is 0 Å². The van der Waals surface area contributed by atoms with Crippen molar-refractivity contribution in [2.45, 2.75) is 38.8 Å². The molecule has 1 aliphatic rings. The zero-order valence-corrected chi connectivity index (χ0v) is 20.2. The number of pyridine rings is 1. The van der Waals surface area contributed by atoms with Crippen molar-refractivity contribution < 1.29 is 0 Å². The van der Waals surface area contributed by atoms with E-state index in [4.69, 9.17) is 9.97 Å². The maximum absolute atomic E-state index is 5.35. The minimum Gasteiger partial charge on any atom is -0.338 e. The monoisotopic (exact) mass is 462 g/mol. The van der Waals surface area contributed by atoms with Crippen LogP contribution in [-0.2, 0) is 0 Å². The van der Waals surface area contributed by atoms with Gasteiger partial charge in [0.25, 0.3) is 0 Å². The molecule has 4 heterocycles. The van der Waals surface area contributed by atoms with Gasteiger partial charge in [0.15, 0.2) is 0 Å². The van der Waals surface area contributed by atoms with Crippen LogP contribution in [-0.4, -0.2) is 44.5 Å². The van der Waals surface area contributed by atoms with Crippen LogP contribution >= 0.6 is 0 Å². The summed E-state index contributed by atoms with van der Waals surface area (Å²) < 4.78 is 2.17. The van der Waals surface area contributed by atoms with E-state index >= 15 is 0 Å². The largest absolute Gasteiger partial charge is 0.338 e. The Morgan fingerprint density at radius 3 is 2.63 bits per heavy atom. The number of aromatic nitrogens is 4. The minimum atomic E-state index is 0.410.